The highest BCUT2D eigenvalue weighted by molar-refractivity contribution is 7.38. The van der Waals surface area contributed by atoms with Crippen LogP contribution in [0.15, 0.2) is 0 Å². The zero-order chi connectivity index (χ0) is 6.69. The molecule has 0 aromatic heterocycles. The zero-order valence-electron chi connectivity index (χ0n) is 5.42. The second-order valence-electron chi connectivity index (χ2n) is 2.02. The molecular weight excluding hydrogens is 138 g/mol. The molecule has 0 aliphatic carbocycles. The van der Waals surface area contributed by atoms with E-state index in [0.717, 1.165) is 6.32 Å². The van der Waals surface area contributed by atoms with E-state index in [1.165, 1.54) is 0 Å². The van der Waals surface area contributed by atoms with Crippen molar-refractivity contribution < 1.29 is 13.8 Å². The van der Waals surface area contributed by atoms with Crippen molar-refractivity contribution in [1.82, 2.24) is 0 Å². The molecule has 1 heterocycles. The van der Waals surface area contributed by atoms with Gasteiger partial charge in [-0.2, -0.15) is 0 Å². The lowest BCUT2D eigenvalue weighted by Gasteiger charge is -2.20. The standard InChI is InChI=1S/C4H10BO3P/c5-1-4-2-8-9(6)3-7-4/h4,9H,1-3,5H2. The second-order valence-corrected chi connectivity index (χ2v) is 3.35. The van der Waals surface area contributed by atoms with E-state index in [4.69, 9.17) is 9.26 Å². The van der Waals surface area contributed by atoms with Crippen LogP contribution in [0.2, 0.25) is 6.32 Å². The predicted molar refractivity (Wildman–Crippen MR) is 38.0 cm³/mol. The highest BCUT2D eigenvalue weighted by Gasteiger charge is 2.15. The first-order chi connectivity index (χ1) is 4.33. The van der Waals surface area contributed by atoms with Crippen molar-refractivity contribution in [2.45, 2.75) is 12.4 Å². The Kier molecular flexibility index (Phi) is 2.77. The summed E-state index contributed by atoms with van der Waals surface area (Å²) in [5.74, 6) is 0. The SMILES string of the molecule is BCC1CO[PH](=O)CO1. The Morgan fingerprint density at radius 3 is 3.00 bits per heavy atom. The Morgan fingerprint density at radius 1 is 1.78 bits per heavy atom. The third-order valence-corrected chi connectivity index (χ3v) is 2.21. The second kappa shape index (κ2) is 3.40. The number of rotatable bonds is 1. The van der Waals surface area contributed by atoms with Gasteiger partial charge in [0.15, 0.2) is 0 Å². The molecule has 2 unspecified atom stereocenters. The van der Waals surface area contributed by atoms with Crippen molar-refractivity contribution in [2.75, 3.05) is 13.0 Å². The van der Waals surface area contributed by atoms with Gasteiger partial charge in [0, 0.05) is 0 Å². The molecule has 2 atom stereocenters. The zero-order valence-corrected chi connectivity index (χ0v) is 6.42. The van der Waals surface area contributed by atoms with Crippen LogP contribution in [0.4, 0.5) is 0 Å². The molecule has 0 bridgehead atoms. The molecule has 5 heteroatoms. The third kappa shape index (κ3) is 2.13. The van der Waals surface area contributed by atoms with Gasteiger partial charge in [-0.15, -0.1) is 0 Å². The third-order valence-electron chi connectivity index (χ3n) is 1.32. The fraction of sp³-hybridized carbons (Fsp3) is 1.00. The Hall–Kier alpha value is 0.215. The topological polar surface area (TPSA) is 35.5 Å². The molecule has 9 heavy (non-hydrogen) atoms. The minimum Gasteiger partial charge on any atom is -0.367 e. The van der Waals surface area contributed by atoms with Gasteiger partial charge in [-0.1, -0.05) is 6.32 Å². The molecule has 1 saturated heterocycles. The molecule has 0 amide bonds. The van der Waals surface area contributed by atoms with Crippen molar-refractivity contribution in [3.8, 4) is 0 Å². The normalized spacial score (nSPS) is 36.4. The van der Waals surface area contributed by atoms with Crippen molar-refractivity contribution in [3.63, 3.8) is 0 Å². The van der Waals surface area contributed by atoms with Gasteiger partial charge in [0.05, 0.1) is 12.7 Å². The van der Waals surface area contributed by atoms with Crippen LogP contribution in [0.25, 0.3) is 0 Å². The minimum absolute atomic E-state index is 0.174. The van der Waals surface area contributed by atoms with E-state index in [1.807, 2.05) is 7.85 Å². The van der Waals surface area contributed by atoms with E-state index >= 15 is 0 Å². The average molecular weight is 148 g/mol. The molecule has 0 aromatic carbocycles. The summed E-state index contributed by atoms with van der Waals surface area (Å²) in [6, 6.07) is 0. The summed E-state index contributed by atoms with van der Waals surface area (Å²) in [4.78, 5) is 0. The lowest BCUT2D eigenvalue weighted by Crippen LogP contribution is -2.21. The molecule has 0 radical (unpaired) electrons. The summed E-state index contributed by atoms with van der Waals surface area (Å²) in [7, 11) is 0.217. The van der Waals surface area contributed by atoms with Crippen LogP contribution in [-0.4, -0.2) is 26.9 Å². The molecule has 52 valence electrons. The summed E-state index contributed by atoms with van der Waals surface area (Å²) in [6.45, 7) is 0.508. The molecule has 1 fully saturated rings. The Bertz CT molecular complexity index is 108. The van der Waals surface area contributed by atoms with Crippen molar-refractivity contribution in [1.29, 1.82) is 0 Å². The smallest absolute Gasteiger partial charge is 0.216 e. The highest BCUT2D eigenvalue weighted by atomic mass is 31.1. The molecule has 0 aromatic rings. The Balaban J connectivity index is 2.26. The maximum atomic E-state index is 10.6. The maximum absolute atomic E-state index is 10.6. The van der Waals surface area contributed by atoms with E-state index in [-0.39, 0.29) is 6.10 Å². The first kappa shape index (κ1) is 7.32. The number of hydrogen-bond donors (Lipinski definition) is 0. The molecule has 0 saturated carbocycles. The minimum atomic E-state index is -1.81. The highest BCUT2D eigenvalue weighted by Crippen LogP contribution is 2.28. The molecular formula is C4H10BO3P. The van der Waals surface area contributed by atoms with Crippen LogP contribution >= 0.6 is 8.03 Å². The fourth-order valence-electron chi connectivity index (χ4n) is 0.697. The van der Waals surface area contributed by atoms with Crippen LogP contribution in [-0.2, 0) is 13.8 Å². The lowest BCUT2D eigenvalue weighted by atomic mass is 10.0. The van der Waals surface area contributed by atoms with Crippen molar-refractivity contribution in [3.05, 3.63) is 0 Å². The van der Waals surface area contributed by atoms with Gasteiger partial charge in [0.25, 0.3) is 0 Å². The van der Waals surface area contributed by atoms with Gasteiger partial charge in [-0.3, -0.25) is 4.57 Å². The molecule has 1 rings (SSSR count). The molecule has 0 N–H and O–H groups in total. The summed E-state index contributed by atoms with van der Waals surface area (Å²) < 4.78 is 20.6. The van der Waals surface area contributed by atoms with Crippen LogP contribution < -0.4 is 0 Å². The quantitative estimate of drug-likeness (QED) is 0.384. The van der Waals surface area contributed by atoms with Crippen LogP contribution in [0, 0.1) is 0 Å². The van der Waals surface area contributed by atoms with Crippen molar-refractivity contribution in [2.24, 2.45) is 0 Å². The summed E-state index contributed by atoms with van der Waals surface area (Å²) in [5.41, 5.74) is 0. The van der Waals surface area contributed by atoms with E-state index in [1.54, 1.807) is 0 Å². The van der Waals surface area contributed by atoms with E-state index < -0.39 is 8.03 Å². The van der Waals surface area contributed by atoms with Crippen LogP contribution in [0.5, 0.6) is 0 Å². The van der Waals surface area contributed by atoms with Gasteiger partial charge in [0.2, 0.25) is 8.03 Å². The predicted octanol–water partition coefficient (Wildman–Crippen LogP) is -0.115. The maximum Gasteiger partial charge on any atom is 0.216 e. The fourth-order valence-corrected chi connectivity index (χ4v) is 1.52. The average Bonchev–Trinajstić information content (AvgIpc) is 1.90. The Labute approximate surface area is 56.0 Å². The van der Waals surface area contributed by atoms with Gasteiger partial charge < -0.3 is 9.26 Å². The summed E-state index contributed by atoms with van der Waals surface area (Å²) >= 11 is 0. The monoisotopic (exact) mass is 148 g/mol. The Morgan fingerprint density at radius 2 is 2.56 bits per heavy atom. The molecule has 1 aliphatic heterocycles. The molecule has 0 spiro atoms. The number of hydrogen-bond acceptors (Lipinski definition) is 3. The van der Waals surface area contributed by atoms with E-state index in [2.05, 4.69) is 0 Å². The summed E-state index contributed by atoms with van der Waals surface area (Å²) in [5, 5.41) is 0. The molecule has 3 nitrogen and oxygen atoms in total. The van der Waals surface area contributed by atoms with Crippen LogP contribution in [0.3, 0.4) is 0 Å². The number of ether oxygens (including phenoxy) is 1. The first-order valence-electron chi connectivity index (χ1n) is 3.10. The largest absolute Gasteiger partial charge is 0.367 e. The summed E-state index contributed by atoms with van der Waals surface area (Å²) in [6.07, 6.45) is 1.42. The van der Waals surface area contributed by atoms with Crippen molar-refractivity contribution >= 4 is 15.9 Å². The van der Waals surface area contributed by atoms with Gasteiger partial charge in [0.1, 0.15) is 14.2 Å². The van der Waals surface area contributed by atoms with Gasteiger partial charge in [-0.05, 0) is 0 Å². The van der Waals surface area contributed by atoms with E-state index in [0.29, 0.717) is 13.0 Å². The lowest BCUT2D eigenvalue weighted by molar-refractivity contribution is 0.0315. The van der Waals surface area contributed by atoms with Crippen LogP contribution in [0.1, 0.15) is 0 Å². The molecule has 1 aliphatic rings. The van der Waals surface area contributed by atoms with Gasteiger partial charge in [-0.25, -0.2) is 0 Å². The van der Waals surface area contributed by atoms with E-state index in [9.17, 15) is 4.57 Å². The first-order valence-corrected chi connectivity index (χ1v) is 4.62. The van der Waals surface area contributed by atoms with Gasteiger partial charge >= 0.3 is 0 Å².